The summed E-state index contributed by atoms with van der Waals surface area (Å²) in [4.78, 5) is 4.36. The largest absolute Gasteiger partial charge is 0.344 e. The maximum absolute atomic E-state index is 2.18. The van der Waals surface area contributed by atoms with Crippen LogP contribution >= 0.6 is 0 Å². The molecule has 66 valence electrons. The zero-order valence-corrected chi connectivity index (χ0v) is 7.72. The summed E-state index contributed by atoms with van der Waals surface area (Å²) >= 11 is 0. The highest BCUT2D eigenvalue weighted by atomic mass is 15.1. The summed E-state index contributed by atoms with van der Waals surface area (Å²) in [7, 11) is 8.35. The Morgan fingerprint density at radius 2 is 0.900 bits per heavy atom. The maximum atomic E-state index is 2.18. The molecule has 0 atom stereocenters. The van der Waals surface area contributed by atoms with Crippen molar-refractivity contribution in [1.29, 1.82) is 0 Å². The number of nitrogens with zero attached hydrogens (tertiary/aromatic N) is 2. The minimum absolute atomic E-state index is 0. The van der Waals surface area contributed by atoms with Crippen LogP contribution in [0.4, 0.5) is 0 Å². The van der Waals surface area contributed by atoms with Gasteiger partial charge >= 0.3 is 0 Å². The molecule has 0 spiro atoms. The molecule has 10 heavy (non-hydrogen) atoms. The van der Waals surface area contributed by atoms with Crippen LogP contribution in [0.25, 0.3) is 0 Å². The molecule has 0 aromatic heterocycles. The van der Waals surface area contributed by atoms with Crippen molar-refractivity contribution in [3.8, 4) is 0 Å². The minimum Gasteiger partial charge on any atom is -0.344 e. The van der Waals surface area contributed by atoms with Gasteiger partial charge in [-0.1, -0.05) is 0 Å². The molecule has 0 aliphatic carbocycles. The van der Waals surface area contributed by atoms with Crippen LogP contribution in [-0.4, -0.2) is 51.1 Å². The zero-order valence-electron chi connectivity index (χ0n) is 7.72. The van der Waals surface area contributed by atoms with Gasteiger partial charge in [0.15, 0.2) is 0 Å². The van der Waals surface area contributed by atoms with Gasteiger partial charge < -0.3 is 22.1 Å². The Bertz CT molecular complexity index is 45.7. The molecule has 0 bridgehead atoms. The van der Waals surface area contributed by atoms with E-state index >= 15 is 0 Å². The van der Waals surface area contributed by atoms with Crippen molar-refractivity contribution in [2.45, 2.75) is 0 Å². The monoisotopic (exact) mass is 150 g/mol. The second-order valence-electron chi connectivity index (χ2n) is 2.61. The summed E-state index contributed by atoms with van der Waals surface area (Å²) < 4.78 is 0. The normalized spacial score (nSPS) is 9.00. The first-order chi connectivity index (χ1) is 3.63. The summed E-state index contributed by atoms with van der Waals surface area (Å²) in [6.07, 6.45) is 0. The Labute approximate surface area is 64.4 Å². The predicted octanol–water partition coefficient (Wildman–Crippen LogP) is 0.434. The van der Waals surface area contributed by atoms with E-state index in [1.807, 2.05) is 0 Å². The van der Waals surface area contributed by atoms with E-state index in [4.69, 9.17) is 0 Å². The number of hydrogen-bond acceptors (Lipinski definition) is 4. The molecule has 0 rings (SSSR count). The molecular weight excluding hydrogens is 128 g/mol. The highest BCUT2D eigenvalue weighted by Gasteiger charge is 1.89. The number of likely N-dealkylation sites (N-methyl/N-ethyl adjacent to an activating group) is 2. The molecular formula is C6H22N4. The van der Waals surface area contributed by atoms with Crippen LogP contribution in [0.2, 0.25) is 0 Å². The van der Waals surface area contributed by atoms with Gasteiger partial charge in [-0.3, -0.25) is 0 Å². The lowest BCUT2D eigenvalue weighted by atomic mass is 10.5. The molecule has 0 saturated carbocycles. The third-order valence-corrected chi connectivity index (χ3v) is 0.994. The Balaban J connectivity index is -0.000000245. The summed E-state index contributed by atoms with van der Waals surface area (Å²) in [6.45, 7) is 2.29. The molecule has 6 N–H and O–H groups in total. The Morgan fingerprint density at radius 1 is 0.700 bits per heavy atom. The third kappa shape index (κ3) is 15.7. The summed E-state index contributed by atoms with van der Waals surface area (Å²) in [5.41, 5.74) is 0. The highest BCUT2D eigenvalue weighted by molar-refractivity contribution is 4.45. The smallest absolute Gasteiger partial charge is 0.0103 e. The first-order valence-corrected chi connectivity index (χ1v) is 2.92. The summed E-state index contributed by atoms with van der Waals surface area (Å²) in [5, 5.41) is 0. The van der Waals surface area contributed by atoms with E-state index in [-0.39, 0.29) is 12.3 Å². The second-order valence-corrected chi connectivity index (χ2v) is 2.61. The quantitative estimate of drug-likeness (QED) is 0.612. The minimum atomic E-state index is 0. The van der Waals surface area contributed by atoms with Crippen LogP contribution < -0.4 is 12.3 Å². The SMILES string of the molecule is CN(C)CCN(C)C.N.N. The topological polar surface area (TPSA) is 76.5 Å². The van der Waals surface area contributed by atoms with Crippen LogP contribution in [0.1, 0.15) is 0 Å². The van der Waals surface area contributed by atoms with Crippen molar-refractivity contribution < 1.29 is 0 Å². The molecule has 0 amide bonds. The lowest BCUT2D eigenvalue weighted by Crippen LogP contribution is -2.25. The van der Waals surface area contributed by atoms with Crippen LogP contribution in [-0.2, 0) is 0 Å². The van der Waals surface area contributed by atoms with Crippen molar-refractivity contribution in [3.05, 3.63) is 0 Å². The first-order valence-electron chi connectivity index (χ1n) is 2.92. The molecule has 0 aliphatic heterocycles. The first kappa shape index (κ1) is 16.4. The van der Waals surface area contributed by atoms with Crippen molar-refractivity contribution in [2.24, 2.45) is 0 Å². The van der Waals surface area contributed by atoms with Crippen LogP contribution in [0.5, 0.6) is 0 Å². The summed E-state index contributed by atoms with van der Waals surface area (Å²) in [5.74, 6) is 0. The maximum Gasteiger partial charge on any atom is 0.0103 e. The molecule has 0 heterocycles. The molecule has 0 aliphatic rings. The van der Waals surface area contributed by atoms with Gasteiger partial charge in [0.25, 0.3) is 0 Å². The second kappa shape index (κ2) is 8.84. The van der Waals surface area contributed by atoms with Crippen LogP contribution in [0, 0.1) is 0 Å². The Kier molecular flexibility index (Phi) is 14.5. The van der Waals surface area contributed by atoms with E-state index in [1.54, 1.807) is 0 Å². The molecule has 0 radical (unpaired) electrons. The molecule has 4 heteroatoms. The van der Waals surface area contributed by atoms with Gasteiger partial charge in [0.1, 0.15) is 0 Å². The van der Waals surface area contributed by atoms with Gasteiger partial charge in [0.2, 0.25) is 0 Å². The average molecular weight is 150 g/mol. The Morgan fingerprint density at radius 3 is 1.00 bits per heavy atom. The van der Waals surface area contributed by atoms with Gasteiger partial charge in [0, 0.05) is 13.1 Å². The fourth-order valence-electron chi connectivity index (χ4n) is 0.400. The predicted molar refractivity (Wildman–Crippen MR) is 47.2 cm³/mol. The Hall–Kier alpha value is -0.160. The van der Waals surface area contributed by atoms with E-state index in [1.165, 1.54) is 0 Å². The van der Waals surface area contributed by atoms with Gasteiger partial charge in [-0.05, 0) is 28.2 Å². The third-order valence-electron chi connectivity index (χ3n) is 0.994. The van der Waals surface area contributed by atoms with E-state index in [0.29, 0.717) is 0 Å². The molecule has 0 aromatic rings. The fourth-order valence-corrected chi connectivity index (χ4v) is 0.400. The van der Waals surface area contributed by atoms with Gasteiger partial charge in [0.05, 0.1) is 0 Å². The number of hydrogen-bond donors (Lipinski definition) is 2. The van der Waals surface area contributed by atoms with Crippen molar-refractivity contribution >= 4 is 0 Å². The van der Waals surface area contributed by atoms with E-state index in [0.717, 1.165) is 13.1 Å². The van der Waals surface area contributed by atoms with E-state index in [2.05, 4.69) is 38.0 Å². The number of rotatable bonds is 3. The van der Waals surface area contributed by atoms with Crippen molar-refractivity contribution in [2.75, 3.05) is 41.3 Å². The fraction of sp³-hybridized carbons (Fsp3) is 1.00. The molecule has 4 nitrogen and oxygen atoms in total. The molecule has 0 saturated heterocycles. The highest BCUT2D eigenvalue weighted by Crippen LogP contribution is 1.76. The van der Waals surface area contributed by atoms with Crippen LogP contribution in [0.15, 0.2) is 0 Å². The average Bonchev–Trinajstić information content (AvgIpc) is 1.61. The molecule has 0 aromatic carbocycles. The van der Waals surface area contributed by atoms with E-state index in [9.17, 15) is 0 Å². The lowest BCUT2D eigenvalue weighted by molar-refractivity contribution is 0.320. The standard InChI is InChI=1S/C6H16N2.2H3N/c1-7(2)5-6-8(3)4;;/h5-6H2,1-4H3;2*1H3. The zero-order chi connectivity index (χ0) is 6.57. The van der Waals surface area contributed by atoms with E-state index < -0.39 is 0 Å². The lowest BCUT2D eigenvalue weighted by Gasteiger charge is -2.13. The van der Waals surface area contributed by atoms with Crippen molar-refractivity contribution in [3.63, 3.8) is 0 Å². The van der Waals surface area contributed by atoms with Crippen LogP contribution in [0.3, 0.4) is 0 Å². The molecule has 0 unspecified atom stereocenters. The van der Waals surface area contributed by atoms with Gasteiger partial charge in [-0.2, -0.15) is 0 Å². The van der Waals surface area contributed by atoms with Gasteiger partial charge in [-0.25, -0.2) is 0 Å². The molecule has 0 fully saturated rings. The van der Waals surface area contributed by atoms with Crippen molar-refractivity contribution in [1.82, 2.24) is 22.1 Å². The van der Waals surface area contributed by atoms with Gasteiger partial charge in [-0.15, -0.1) is 0 Å². The summed E-state index contributed by atoms with van der Waals surface area (Å²) in [6, 6.07) is 0.